The molecule has 0 aromatic heterocycles. The SMILES string of the molecule is CC(C)(C)C1c2[c-]cccc2-c2ccccc21.[C-]1=CC=CC1.[Cl-].[Cl-].[Zr+4]. The van der Waals surface area contributed by atoms with Gasteiger partial charge in [0.15, 0.2) is 0 Å². The number of hydrogen-bond acceptors (Lipinski definition) is 0. The zero-order valence-electron chi connectivity index (χ0n) is 14.8. The van der Waals surface area contributed by atoms with E-state index in [0.717, 1.165) is 6.42 Å². The van der Waals surface area contributed by atoms with Crippen molar-refractivity contribution in [3.63, 3.8) is 0 Å². The topological polar surface area (TPSA) is 0 Å². The van der Waals surface area contributed by atoms with Crippen LogP contribution in [0, 0.1) is 17.6 Å². The number of benzene rings is 2. The molecule has 0 saturated carbocycles. The van der Waals surface area contributed by atoms with Crippen LogP contribution in [0.1, 0.15) is 44.2 Å². The average Bonchev–Trinajstić information content (AvgIpc) is 3.16. The van der Waals surface area contributed by atoms with Crippen LogP contribution in [0.5, 0.6) is 0 Å². The van der Waals surface area contributed by atoms with Gasteiger partial charge in [-0.25, -0.2) is 12.2 Å². The van der Waals surface area contributed by atoms with Crippen molar-refractivity contribution in [1.29, 1.82) is 0 Å². The maximum absolute atomic E-state index is 3.45. The molecule has 4 rings (SSSR count). The van der Waals surface area contributed by atoms with Crippen molar-refractivity contribution in [2.75, 3.05) is 0 Å². The molecule has 0 fully saturated rings. The van der Waals surface area contributed by atoms with Crippen LogP contribution in [0.4, 0.5) is 0 Å². The van der Waals surface area contributed by atoms with Crippen LogP contribution in [0.15, 0.2) is 60.7 Å². The summed E-state index contributed by atoms with van der Waals surface area (Å²) in [4.78, 5) is 0. The van der Waals surface area contributed by atoms with Crippen molar-refractivity contribution in [2.24, 2.45) is 5.41 Å². The van der Waals surface area contributed by atoms with E-state index in [1.807, 2.05) is 18.2 Å². The molecule has 1 unspecified atom stereocenters. The molecule has 0 bridgehead atoms. The zero-order valence-corrected chi connectivity index (χ0v) is 18.8. The van der Waals surface area contributed by atoms with Gasteiger partial charge in [0.25, 0.3) is 0 Å². The van der Waals surface area contributed by atoms with Crippen molar-refractivity contribution >= 4 is 0 Å². The van der Waals surface area contributed by atoms with Crippen LogP contribution >= 0.6 is 0 Å². The van der Waals surface area contributed by atoms with Crippen molar-refractivity contribution in [2.45, 2.75) is 33.1 Å². The van der Waals surface area contributed by atoms with E-state index in [1.165, 1.54) is 22.3 Å². The van der Waals surface area contributed by atoms with Gasteiger partial charge in [0, 0.05) is 0 Å². The Morgan fingerprint density at radius 3 is 2.20 bits per heavy atom. The Kier molecular flexibility index (Phi) is 10.3. The van der Waals surface area contributed by atoms with Crippen LogP contribution in [0.2, 0.25) is 0 Å². The number of halogens is 2. The number of rotatable bonds is 0. The molecule has 0 amide bonds. The molecule has 25 heavy (non-hydrogen) atoms. The van der Waals surface area contributed by atoms with Gasteiger partial charge in [-0.05, 0) is 16.9 Å². The third-order valence-corrected chi connectivity index (χ3v) is 4.19. The molecule has 0 heterocycles. The first kappa shape index (κ1) is 24.4. The van der Waals surface area contributed by atoms with Gasteiger partial charge in [-0.1, -0.05) is 50.6 Å². The Hall–Kier alpha value is -0.617. The van der Waals surface area contributed by atoms with Crippen molar-refractivity contribution < 1.29 is 51.0 Å². The van der Waals surface area contributed by atoms with E-state index < -0.39 is 0 Å². The molecule has 0 nitrogen and oxygen atoms in total. The summed E-state index contributed by atoms with van der Waals surface area (Å²) in [6.07, 6.45) is 10.0. The van der Waals surface area contributed by atoms with E-state index in [0.29, 0.717) is 5.92 Å². The Morgan fingerprint density at radius 2 is 1.64 bits per heavy atom. The fourth-order valence-electron chi connectivity index (χ4n) is 3.31. The maximum Gasteiger partial charge on any atom is 4.00 e. The van der Waals surface area contributed by atoms with Gasteiger partial charge in [-0.3, -0.25) is 6.08 Å². The van der Waals surface area contributed by atoms with E-state index in [2.05, 4.69) is 75.4 Å². The van der Waals surface area contributed by atoms with Gasteiger partial charge < -0.3 is 24.8 Å². The fraction of sp³-hybridized carbons (Fsp3) is 0.273. The van der Waals surface area contributed by atoms with Gasteiger partial charge in [0.05, 0.1) is 0 Å². The summed E-state index contributed by atoms with van der Waals surface area (Å²) in [7, 11) is 0. The van der Waals surface area contributed by atoms with E-state index in [1.54, 1.807) is 0 Å². The monoisotopic (exact) mass is 446 g/mol. The minimum atomic E-state index is 0. The minimum absolute atomic E-state index is 0. The molecule has 0 aliphatic heterocycles. The van der Waals surface area contributed by atoms with Crippen LogP contribution in [-0.4, -0.2) is 0 Å². The molecule has 2 aliphatic carbocycles. The van der Waals surface area contributed by atoms with Crippen LogP contribution in [0.3, 0.4) is 0 Å². The minimum Gasteiger partial charge on any atom is -1.00 e. The Bertz CT molecular complexity index is 671. The molecule has 0 N–H and O–H groups in total. The first-order valence-corrected chi connectivity index (χ1v) is 7.90. The van der Waals surface area contributed by atoms with E-state index in [4.69, 9.17) is 0 Å². The van der Waals surface area contributed by atoms with Gasteiger partial charge in [0.1, 0.15) is 0 Å². The molecule has 128 valence electrons. The summed E-state index contributed by atoms with van der Waals surface area (Å²) >= 11 is 0. The summed E-state index contributed by atoms with van der Waals surface area (Å²) in [5.74, 6) is 0.467. The molecule has 2 aromatic carbocycles. The van der Waals surface area contributed by atoms with Gasteiger partial charge in [0.2, 0.25) is 0 Å². The molecular formula is C22H22Cl2Zr. The number of hydrogen-bond donors (Lipinski definition) is 0. The van der Waals surface area contributed by atoms with Crippen molar-refractivity contribution in [3.8, 4) is 11.1 Å². The van der Waals surface area contributed by atoms with Crippen LogP contribution in [0.25, 0.3) is 11.1 Å². The van der Waals surface area contributed by atoms with Crippen molar-refractivity contribution in [3.05, 3.63) is 84.0 Å². The molecular weight excluding hydrogens is 426 g/mol. The molecule has 1 atom stereocenters. The molecule has 0 radical (unpaired) electrons. The first-order chi connectivity index (χ1) is 10.6. The Labute approximate surface area is 183 Å². The number of fused-ring (bicyclic) bond motifs is 3. The smallest absolute Gasteiger partial charge is 1.00 e. The van der Waals surface area contributed by atoms with Crippen molar-refractivity contribution in [1.82, 2.24) is 0 Å². The van der Waals surface area contributed by atoms with Gasteiger partial charge in [-0.15, -0.1) is 17.5 Å². The van der Waals surface area contributed by atoms with E-state index in [9.17, 15) is 0 Å². The normalized spacial score (nSPS) is 15.6. The zero-order chi connectivity index (χ0) is 15.6. The second-order valence-electron chi connectivity index (χ2n) is 6.89. The van der Waals surface area contributed by atoms with Gasteiger partial charge in [-0.2, -0.15) is 30.3 Å². The molecule has 3 heteroatoms. The second kappa shape index (κ2) is 10.5. The van der Waals surface area contributed by atoms with Gasteiger partial charge >= 0.3 is 26.2 Å². The third-order valence-electron chi connectivity index (χ3n) is 4.19. The summed E-state index contributed by atoms with van der Waals surface area (Å²) in [6, 6.07) is 18.5. The third kappa shape index (κ3) is 5.43. The van der Waals surface area contributed by atoms with E-state index in [-0.39, 0.29) is 56.4 Å². The van der Waals surface area contributed by atoms with Crippen LogP contribution in [-0.2, 0) is 26.2 Å². The molecule has 0 spiro atoms. The second-order valence-corrected chi connectivity index (χ2v) is 6.89. The predicted octanol–water partition coefficient (Wildman–Crippen LogP) is -0.0436. The largest absolute Gasteiger partial charge is 4.00 e. The average molecular weight is 449 g/mol. The standard InChI is InChI=1S/C17H17.C5H5.2ClH.Zr/c1-17(2,3)16-14-10-6-4-8-12(14)13-9-5-7-11-15(13)16;1-2-4-5-3-1;;;/h4-10,16H,1-3H3;1-3H,4H2;2*1H;/q2*-1;;;+4/p-2. The quantitative estimate of drug-likeness (QED) is 0.496. The number of allylic oxidation sites excluding steroid dienone is 4. The summed E-state index contributed by atoms with van der Waals surface area (Å²) in [5, 5.41) is 0. The van der Waals surface area contributed by atoms with Crippen LogP contribution < -0.4 is 24.8 Å². The Morgan fingerprint density at radius 1 is 0.960 bits per heavy atom. The van der Waals surface area contributed by atoms with E-state index >= 15 is 0 Å². The predicted molar refractivity (Wildman–Crippen MR) is 93.6 cm³/mol. The Balaban J connectivity index is 0.000000630. The summed E-state index contributed by atoms with van der Waals surface area (Å²) in [6.45, 7) is 6.93. The molecule has 0 saturated heterocycles. The maximum atomic E-state index is 3.45. The molecule has 2 aromatic rings. The summed E-state index contributed by atoms with van der Waals surface area (Å²) < 4.78 is 0. The fourth-order valence-corrected chi connectivity index (χ4v) is 3.31. The first-order valence-electron chi connectivity index (χ1n) is 7.90. The molecule has 2 aliphatic rings. The summed E-state index contributed by atoms with van der Waals surface area (Å²) in [5.41, 5.74) is 5.81.